The van der Waals surface area contributed by atoms with E-state index in [9.17, 15) is 0 Å². The first-order chi connectivity index (χ1) is 7.19. The van der Waals surface area contributed by atoms with Gasteiger partial charge in [-0.3, -0.25) is 0 Å². The van der Waals surface area contributed by atoms with Crippen molar-refractivity contribution in [1.29, 1.82) is 5.26 Å². The van der Waals surface area contributed by atoms with Crippen molar-refractivity contribution in [3.05, 3.63) is 23.4 Å². The third kappa shape index (κ3) is 2.47. The average molecular weight is 201 g/mol. The number of hydrogen-bond donors (Lipinski definition) is 0. The van der Waals surface area contributed by atoms with E-state index < -0.39 is 0 Å². The monoisotopic (exact) mass is 201 g/mol. The quantitative estimate of drug-likeness (QED) is 0.752. The number of hydrogen-bond acceptors (Lipinski definition) is 3. The second-order valence-corrected chi connectivity index (χ2v) is 4.29. The highest BCUT2D eigenvalue weighted by Gasteiger charge is 2.23. The summed E-state index contributed by atoms with van der Waals surface area (Å²) in [6.07, 6.45) is 2.67. The van der Waals surface area contributed by atoms with Crippen LogP contribution in [0.4, 0.5) is 5.82 Å². The molecular weight excluding hydrogens is 186 g/mol. The minimum absolute atomic E-state index is 0.695. The van der Waals surface area contributed by atoms with E-state index in [0.717, 1.165) is 24.0 Å². The Labute approximate surface area is 90.4 Å². The van der Waals surface area contributed by atoms with Crippen LogP contribution in [0.25, 0.3) is 0 Å². The summed E-state index contributed by atoms with van der Waals surface area (Å²) in [5.74, 6) is 1.75. The lowest BCUT2D eigenvalue weighted by atomic mass is 10.2. The standard InChI is InChI=1S/C12H15N3/c1-9-5-11(7-13)6-12(14-9)15(2)8-10-3-4-10/h5-6,10H,3-4,8H2,1-2H3. The molecule has 0 N–H and O–H groups in total. The molecule has 0 radical (unpaired) electrons. The van der Waals surface area contributed by atoms with Crippen molar-refractivity contribution in [1.82, 2.24) is 4.98 Å². The smallest absolute Gasteiger partial charge is 0.129 e. The Balaban J connectivity index is 2.18. The number of aromatic nitrogens is 1. The van der Waals surface area contributed by atoms with Gasteiger partial charge >= 0.3 is 0 Å². The molecule has 0 aromatic carbocycles. The molecule has 1 fully saturated rings. The van der Waals surface area contributed by atoms with Crippen molar-refractivity contribution in [3.8, 4) is 6.07 Å². The van der Waals surface area contributed by atoms with Crippen molar-refractivity contribution in [3.63, 3.8) is 0 Å². The van der Waals surface area contributed by atoms with Crippen LogP contribution in [0.15, 0.2) is 12.1 Å². The molecule has 15 heavy (non-hydrogen) atoms. The highest BCUT2D eigenvalue weighted by molar-refractivity contribution is 5.46. The van der Waals surface area contributed by atoms with Crippen molar-refractivity contribution < 1.29 is 0 Å². The molecule has 0 unspecified atom stereocenters. The number of aryl methyl sites for hydroxylation is 1. The first kappa shape index (κ1) is 9.97. The lowest BCUT2D eigenvalue weighted by molar-refractivity contribution is 0.775. The molecule has 2 rings (SSSR count). The van der Waals surface area contributed by atoms with Gasteiger partial charge in [-0.05, 0) is 37.8 Å². The summed E-state index contributed by atoms with van der Waals surface area (Å²) in [5, 5.41) is 8.87. The number of nitriles is 1. The van der Waals surface area contributed by atoms with Gasteiger partial charge in [-0.15, -0.1) is 0 Å². The van der Waals surface area contributed by atoms with Gasteiger partial charge < -0.3 is 4.90 Å². The third-order valence-corrected chi connectivity index (χ3v) is 2.69. The van der Waals surface area contributed by atoms with Crippen LogP contribution in [0.1, 0.15) is 24.1 Å². The zero-order chi connectivity index (χ0) is 10.8. The summed E-state index contributed by atoms with van der Waals surface area (Å²) < 4.78 is 0. The van der Waals surface area contributed by atoms with Gasteiger partial charge in [0.2, 0.25) is 0 Å². The fraction of sp³-hybridized carbons (Fsp3) is 0.500. The van der Waals surface area contributed by atoms with E-state index in [0.29, 0.717) is 5.56 Å². The van der Waals surface area contributed by atoms with Gasteiger partial charge in [0.15, 0.2) is 0 Å². The van der Waals surface area contributed by atoms with Crippen LogP contribution >= 0.6 is 0 Å². The molecule has 1 aliphatic carbocycles. The lowest BCUT2D eigenvalue weighted by Crippen LogP contribution is -2.21. The van der Waals surface area contributed by atoms with E-state index in [1.165, 1.54) is 12.8 Å². The SMILES string of the molecule is Cc1cc(C#N)cc(N(C)CC2CC2)n1. The molecule has 0 atom stereocenters. The summed E-state index contributed by atoms with van der Waals surface area (Å²) in [4.78, 5) is 6.58. The normalized spacial score (nSPS) is 14.7. The Bertz CT molecular complexity index is 402. The Morgan fingerprint density at radius 1 is 1.53 bits per heavy atom. The van der Waals surface area contributed by atoms with E-state index in [4.69, 9.17) is 5.26 Å². The minimum Gasteiger partial charge on any atom is -0.359 e. The van der Waals surface area contributed by atoms with Crippen molar-refractivity contribution in [2.75, 3.05) is 18.5 Å². The Morgan fingerprint density at radius 2 is 2.27 bits per heavy atom. The van der Waals surface area contributed by atoms with E-state index in [1.54, 1.807) is 0 Å². The summed E-state index contributed by atoms with van der Waals surface area (Å²) in [6, 6.07) is 5.84. The summed E-state index contributed by atoms with van der Waals surface area (Å²) in [5.41, 5.74) is 1.60. The predicted molar refractivity (Wildman–Crippen MR) is 59.7 cm³/mol. The number of anilines is 1. The van der Waals surface area contributed by atoms with E-state index >= 15 is 0 Å². The van der Waals surface area contributed by atoms with E-state index in [1.807, 2.05) is 26.1 Å². The minimum atomic E-state index is 0.695. The number of rotatable bonds is 3. The van der Waals surface area contributed by atoms with Crippen molar-refractivity contribution in [2.24, 2.45) is 5.92 Å². The van der Waals surface area contributed by atoms with Gasteiger partial charge in [0.1, 0.15) is 5.82 Å². The average Bonchev–Trinajstić information content (AvgIpc) is 3.00. The van der Waals surface area contributed by atoms with Crippen LogP contribution in [0, 0.1) is 24.2 Å². The molecule has 1 saturated carbocycles. The third-order valence-electron chi connectivity index (χ3n) is 2.69. The molecule has 1 aliphatic rings. The maximum atomic E-state index is 8.87. The second kappa shape index (κ2) is 3.90. The first-order valence-corrected chi connectivity index (χ1v) is 5.29. The van der Waals surface area contributed by atoms with Gasteiger partial charge in [0.05, 0.1) is 11.6 Å². The lowest BCUT2D eigenvalue weighted by Gasteiger charge is -2.18. The summed E-state index contributed by atoms with van der Waals surface area (Å²) in [7, 11) is 2.04. The molecule has 1 aromatic rings. The molecular formula is C12H15N3. The van der Waals surface area contributed by atoms with Crippen molar-refractivity contribution >= 4 is 5.82 Å². The van der Waals surface area contributed by atoms with Crippen molar-refractivity contribution in [2.45, 2.75) is 19.8 Å². The van der Waals surface area contributed by atoms with Crippen LogP contribution in [0.5, 0.6) is 0 Å². The van der Waals surface area contributed by atoms with E-state index in [2.05, 4.69) is 16.0 Å². The molecule has 0 aliphatic heterocycles. The predicted octanol–water partition coefficient (Wildman–Crippen LogP) is 2.11. The second-order valence-electron chi connectivity index (χ2n) is 4.29. The van der Waals surface area contributed by atoms with Crippen LogP contribution in [-0.4, -0.2) is 18.6 Å². The highest BCUT2D eigenvalue weighted by atomic mass is 15.2. The number of nitrogens with zero attached hydrogens (tertiary/aromatic N) is 3. The van der Waals surface area contributed by atoms with Gasteiger partial charge in [-0.1, -0.05) is 0 Å². The molecule has 3 nitrogen and oxygen atoms in total. The van der Waals surface area contributed by atoms with Crippen LogP contribution in [0.3, 0.4) is 0 Å². The molecule has 78 valence electrons. The fourth-order valence-electron chi connectivity index (χ4n) is 1.69. The fourth-order valence-corrected chi connectivity index (χ4v) is 1.69. The zero-order valence-corrected chi connectivity index (χ0v) is 9.20. The summed E-state index contributed by atoms with van der Waals surface area (Å²) >= 11 is 0. The van der Waals surface area contributed by atoms with Crippen LogP contribution in [-0.2, 0) is 0 Å². The van der Waals surface area contributed by atoms with Gasteiger partial charge in [0, 0.05) is 19.3 Å². The molecule has 0 amide bonds. The molecule has 3 heteroatoms. The maximum absolute atomic E-state index is 8.87. The van der Waals surface area contributed by atoms with Gasteiger partial charge in [-0.2, -0.15) is 5.26 Å². The van der Waals surface area contributed by atoms with Gasteiger partial charge in [-0.25, -0.2) is 4.98 Å². The topological polar surface area (TPSA) is 39.9 Å². The maximum Gasteiger partial charge on any atom is 0.129 e. The summed E-state index contributed by atoms with van der Waals surface area (Å²) in [6.45, 7) is 2.98. The number of pyridine rings is 1. The highest BCUT2D eigenvalue weighted by Crippen LogP contribution is 2.30. The molecule has 0 bridgehead atoms. The molecule has 1 aromatic heterocycles. The largest absolute Gasteiger partial charge is 0.359 e. The Kier molecular flexibility index (Phi) is 2.59. The van der Waals surface area contributed by atoms with Gasteiger partial charge in [0.25, 0.3) is 0 Å². The van der Waals surface area contributed by atoms with Crippen LogP contribution < -0.4 is 4.90 Å². The Hall–Kier alpha value is -1.56. The Morgan fingerprint density at radius 3 is 2.87 bits per heavy atom. The van der Waals surface area contributed by atoms with Crippen LogP contribution in [0.2, 0.25) is 0 Å². The molecule has 0 saturated heterocycles. The zero-order valence-electron chi connectivity index (χ0n) is 9.20. The van der Waals surface area contributed by atoms with E-state index in [-0.39, 0.29) is 0 Å². The first-order valence-electron chi connectivity index (χ1n) is 5.29. The molecule has 1 heterocycles. The molecule has 0 spiro atoms.